The molecule has 0 radical (unpaired) electrons. The molecule has 1 aromatic heterocycles. The van der Waals surface area contributed by atoms with Crippen molar-refractivity contribution in [1.29, 1.82) is 5.26 Å². The van der Waals surface area contributed by atoms with Crippen molar-refractivity contribution in [3.63, 3.8) is 0 Å². The smallest absolute Gasteiger partial charge is 0.368 e. The highest BCUT2D eigenvalue weighted by Gasteiger charge is 2.33. The first-order chi connectivity index (χ1) is 10.0. The van der Waals surface area contributed by atoms with Crippen LogP contribution in [0.2, 0.25) is 0 Å². The van der Waals surface area contributed by atoms with Crippen LogP contribution in [0.25, 0.3) is 0 Å². The van der Waals surface area contributed by atoms with E-state index in [2.05, 4.69) is 20.5 Å². The summed E-state index contributed by atoms with van der Waals surface area (Å²) in [4.78, 5) is 5.71. The Morgan fingerprint density at radius 2 is 2.05 bits per heavy atom. The molecule has 0 unspecified atom stereocenters. The lowest BCUT2D eigenvalue weighted by atomic mass is 10.2. The average molecular weight is 299 g/mol. The Balaban J connectivity index is 1.99. The van der Waals surface area contributed by atoms with Gasteiger partial charge in [0, 0.05) is 39.3 Å². The first kappa shape index (κ1) is 15.5. The first-order valence-corrected chi connectivity index (χ1v) is 6.66. The standard InChI is InChI=1S/C13H16F3N5/c14-13(15,16)11-2-1-10(9-17)12(20-11)19-5-8-21-6-3-18-4-7-21/h1-2,18H,3-8H2,(H,19,20). The maximum atomic E-state index is 12.6. The minimum Gasteiger partial charge on any atom is -0.368 e. The largest absolute Gasteiger partial charge is 0.433 e. The number of nitrogens with zero attached hydrogens (tertiary/aromatic N) is 3. The first-order valence-electron chi connectivity index (χ1n) is 6.66. The van der Waals surface area contributed by atoms with Gasteiger partial charge in [-0.25, -0.2) is 4.98 Å². The van der Waals surface area contributed by atoms with Gasteiger partial charge in [0.1, 0.15) is 17.6 Å². The molecular formula is C13H16F3N5. The maximum Gasteiger partial charge on any atom is 0.433 e. The Morgan fingerprint density at radius 3 is 2.67 bits per heavy atom. The minimum absolute atomic E-state index is 0.0116. The number of rotatable bonds is 4. The van der Waals surface area contributed by atoms with Crippen LogP contribution < -0.4 is 10.6 Å². The Morgan fingerprint density at radius 1 is 1.33 bits per heavy atom. The summed E-state index contributed by atoms with van der Waals surface area (Å²) in [5.74, 6) is -0.0116. The summed E-state index contributed by atoms with van der Waals surface area (Å²) in [6.07, 6.45) is -4.51. The van der Waals surface area contributed by atoms with Crippen LogP contribution in [0.3, 0.4) is 0 Å². The number of alkyl halides is 3. The van der Waals surface area contributed by atoms with Crippen molar-refractivity contribution in [2.75, 3.05) is 44.6 Å². The Bertz CT molecular complexity index is 518. The van der Waals surface area contributed by atoms with Crippen molar-refractivity contribution in [3.05, 3.63) is 23.4 Å². The molecule has 1 aromatic rings. The molecule has 2 rings (SSSR count). The molecule has 2 N–H and O–H groups in total. The van der Waals surface area contributed by atoms with Gasteiger partial charge in [-0.3, -0.25) is 4.90 Å². The van der Waals surface area contributed by atoms with E-state index in [-0.39, 0.29) is 11.4 Å². The lowest BCUT2D eigenvalue weighted by Gasteiger charge is -2.27. The molecule has 0 aliphatic carbocycles. The highest BCUT2D eigenvalue weighted by Crippen LogP contribution is 2.29. The summed E-state index contributed by atoms with van der Waals surface area (Å²) >= 11 is 0. The molecule has 2 heterocycles. The fourth-order valence-electron chi connectivity index (χ4n) is 2.11. The molecule has 114 valence electrons. The molecule has 0 aromatic carbocycles. The number of nitrogens with one attached hydrogen (secondary N) is 2. The fourth-order valence-corrected chi connectivity index (χ4v) is 2.11. The SMILES string of the molecule is N#Cc1ccc(C(F)(F)F)nc1NCCN1CCNCC1. The Hall–Kier alpha value is -1.85. The summed E-state index contributed by atoms with van der Waals surface area (Å²) in [6.45, 7) is 4.77. The molecule has 1 aliphatic heterocycles. The van der Waals surface area contributed by atoms with Gasteiger partial charge in [0.25, 0.3) is 0 Å². The van der Waals surface area contributed by atoms with Gasteiger partial charge >= 0.3 is 6.18 Å². The van der Waals surface area contributed by atoms with Gasteiger partial charge in [0.05, 0.1) is 5.56 Å². The van der Waals surface area contributed by atoms with Crippen LogP contribution in [0.1, 0.15) is 11.3 Å². The van der Waals surface area contributed by atoms with Crippen molar-refractivity contribution in [1.82, 2.24) is 15.2 Å². The summed E-state index contributed by atoms with van der Waals surface area (Å²) in [5.41, 5.74) is -0.880. The third-order valence-corrected chi connectivity index (χ3v) is 3.24. The highest BCUT2D eigenvalue weighted by atomic mass is 19.4. The minimum atomic E-state index is -4.51. The zero-order valence-electron chi connectivity index (χ0n) is 11.4. The Kier molecular flexibility index (Phi) is 4.98. The van der Waals surface area contributed by atoms with Crippen LogP contribution >= 0.6 is 0 Å². The number of aromatic nitrogens is 1. The van der Waals surface area contributed by atoms with E-state index < -0.39 is 11.9 Å². The van der Waals surface area contributed by atoms with Crippen molar-refractivity contribution in [2.45, 2.75) is 6.18 Å². The second-order valence-corrected chi connectivity index (χ2v) is 4.72. The van der Waals surface area contributed by atoms with E-state index in [0.29, 0.717) is 13.1 Å². The van der Waals surface area contributed by atoms with Crippen LogP contribution in [-0.2, 0) is 6.18 Å². The van der Waals surface area contributed by atoms with Gasteiger partial charge in [-0.2, -0.15) is 18.4 Å². The molecule has 0 amide bonds. The van der Waals surface area contributed by atoms with Crippen LogP contribution in [0.4, 0.5) is 19.0 Å². The molecule has 0 spiro atoms. The van der Waals surface area contributed by atoms with Crippen LogP contribution in [0, 0.1) is 11.3 Å². The van der Waals surface area contributed by atoms with Gasteiger partial charge in [-0.05, 0) is 12.1 Å². The van der Waals surface area contributed by atoms with E-state index in [4.69, 9.17) is 5.26 Å². The number of hydrogen-bond donors (Lipinski definition) is 2. The second kappa shape index (κ2) is 6.74. The van der Waals surface area contributed by atoms with Crippen LogP contribution in [0.15, 0.2) is 12.1 Å². The predicted octanol–water partition coefficient (Wildman–Crippen LogP) is 1.29. The van der Waals surface area contributed by atoms with Gasteiger partial charge in [0.15, 0.2) is 0 Å². The van der Waals surface area contributed by atoms with Crippen molar-refractivity contribution >= 4 is 5.82 Å². The molecule has 1 aliphatic rings. The van der Waals surface area contributed by atoms with Gasteiger partial charge < -0.3 is 10.6 Å². The number of anilines is 1. The van der Waals surface area contributed by atoms with E-state index in [1.807, 2.05) is 6.07 Å². The molecule has 0 saturated carbocycles. The van der Waals surface area contributed by atoms with E-state index in [1.54, 1.807) is 0 Å². The predicted molar refractivity (Wildman–Crippen MR) is 71.8 cm³/mol. The molecule has 0 atom stereocenters. The van der Waals surface area contributed by atoms with E-state index >= 15 is 0 Å². The van der Waals surface area contributed by atoms with Crippen molar-refractivity contribution in [2.24, 2.45) is 0 Å². The lowest BCUT2D eigenvalue weighted by Crippen LogP contribution is -2.45. The zero-order chi connectivity index (χ0) is 15.3. The zero-order valence-corrected chi connectivity index (χ0v) is 11.4. The molecule has 5 nitrogen and oxygen atoms in total. The molecule has 21 heavy (non-hydrogen) atoms. The number of nitriles is 1. The number of halogens is 3. The number of pyridine rings is 1. The Labute approximate surface area is 120 Å². The monoisotopic (exact) mass is 299 g/mol. The van der Waals surface area contributed by atoms with Crippen LogP contribution in [-0.4, -0.2) is 49.2 Å². The topological polar surface area (TPSA) is 64.0 Å². The average Bonchev–Trinajstić information content (AvgIpc) is 2.47. The van der Waals surface area contributed by atoms with Crippen molar-refractivity contribution in [3.8, 4) is 6.07 Å². The summed E-state index contributed by atoms with van der Waals surface area (Å²) < 4.78 is 37.9. The normalized spacial score (nSPS) is 16.5. The van der Waals surface area contributed by atoms with Crippen LogP contribution in [0.5, 0.6) is 0 Å². The molecular weight excluding hydrogens is 283 g/mol. The van der Waals surface area contributed by atoms with Crippen molar-refractivity contribution < 1.29 is 13.2 Å². The van der Waals surface area contributed by atoms with Gasteiger partial charge in [-0.1, -0.05) is 0 Å². The van der Waals surface area contributed by atoms with E-state index in [1.165, 1.54) is 0 Å². The molecule has 8 heteroatoms. The summed E-state index contributed by atoms with van der Waals surface area (Å²) in [7, 11) is 0. The summed E-state index contributed by atoms with van der Waals surface area (Å²) in [6, 6.07) is 3.81. The lowest BCUT2D eigenvalue weighted by molar-refractivity contribution is -0.141. The second-order valence-electron chi connectivity index (χ2n) is 4.72. The molecule has 1 saturated heterocycles. The fraction of sp³-hybridized carbons (Fsp3) is 0.538. The number of hydrogen-bond acceptors (Lipinski definition) is 5. The van der Waals surface area contributed by atoms with E-state index in [9.17, 15) is 13.2 Å². The molecule has 1 fully saturated rings. The summed E-state index contributed by atoms with van der Waals surface area (Å²) in [5, 5.41) is 15.0. The van der Waals surface area contributed by atoms with E-state index in [0.717, 1.165) is 38.3 Å². The molecule has 0 bridgehead atoms. The highest BCUT2D eigenvalue weighted by molar-refractivity contribution is 5.52. The van der Waals surface area contributed by atoms with Gasteiger partial charge in [-0.15, -0.1) is 0 Å². The quantitative estimate of drug-likeness (QED) is 0.877. The third kappa shape index (κ3) is 4.31. The van der Waals surface area contributed by atoms with Gasteiger partial charge in [0.2, 0.25) is 0 Å². The number of piperazine rings is 1. The third-order valence-electron chi connectivity index (χ3n) is 3.24. The maximum absolute atomic E-state index is 12.6.